The molecule has 2 heterocycles. The van der Waals surface area contributed by atoms with Gasteiger partial charge < -0.3 is 19.5 Å². The predicted octanol–water partition coefficient (Wildman–Crippen LogP) is 1.45. The summed E-state index contributed by atoms with van der Waals surface area (Å²) in [5, 5.41) is 9.26. The molecule has 1 aliphatic heterocycles. The highest BCUT2D eigenvalue weighted by molar-refractivity contribution is 6.32. The van der Waals surface area contributed by atoms with Crippen LogP contribution in [0.2, 0.25) is 5.02 Å². The third-order valence-corrected chi connectivity index (χ3v) is 4.11. The fourth-order valence-electron chi connectivity index (χ4n) is 2.30. The second-order valence-electron chi connectivity index (χ2n) is 5.71. The van der Waals surface area contributed by atoms with Crippen molar-refractivity contribution in [3.63, 3.8) is 0 Å². The van der Waals surface area contributed by atoms with Crippen molar-refractivity contribution in [1.82, 2.24) is 9.88 Å². The van der Waals surface area contributed by atoms with Gasteiger partial charge in [0.2, 0.25) is 5.88 Å². The van der Waals surface area contributed by atoms with Gasteiger partial charge in [0.05, 0.1) is 25.3 Å². The summed E-state index contributed by atoms with van der Waals surface area (Å²) in [6, 6.07) is 1.50. The minimum absolute atomic E-state index is 0.00567. The fraction of sp³-hybridized carbons (Fsp3) is 0.533. The Balaban J connectivity index is 1.66. The van der Waals surface area contributed by atoms with Crippen LogP contribution in [0.3, 0.4) is 0 Å². The topological polar surface area (TPSA) is 89.0 Å². The maximum absolute atomic E-state index is 12.4. The number of carboxylic acids is 1. The van der Waals surface area contributed by atoms with Gasteiger partial charge in [0.1, 0.15) is 5.02 Å². The van der Waals surface area contributed by atoms with E-state index in [0.717, 1.165) is 12.8 Å². The Morgan fingerprint density at radius 1 is 1.48 bits per heavy atom. The number of morpholine rings is 1. The van der Waals surface area contributed by atoms with Gasteiger partial charge in [-0.15, -0.1) is 0 Å². The molecule has 0 spiro atoms. The Hall–Kier alpha value is -1.86. The molecule has 124 valence electrons. The van der Waals surface area contributed by atoms with E-state index in [-0.39, 0.29) is 24.1 Å². The number of ether oxygens (including phenoxy) is 2. The molecule has 2 aliphatic rings. The molecule has 1 saturated heterocycles. The highest BCUT2D eigenvalue weighted by Gasteiger charge is 2.30. The van der Waals surface area contributed by atoms with Crippen molar-refractivity contribution in [2.24, 2.45) is 5.92 Å². The third-order valence-electron chi connectivity index (χ3n) is 3.84. The second-order valence-corrected chi connectivity index (χ2v) is 6.12. The number of aromatic nitrogens is 1. The number of nitrogens with zero attached hydrogens (tertiary/aromatic N) is 2. The number of carbonyl (C=O) groups excluding carboxylic acids is 1. The Bertz CT molecular complexity index is 620. The van der Waals surface area contributed by atoms with Crippen molar-refractivity contribution in [3.05, 3.63) is 22.8 Å². The number of hydrogen-bond acceptors (Lipinski definition) is 5. The van der Waals surface area contributed by atoms with Crippen molar-refractivity contribution in [2.75, 3.05) is 26.3 Å². The monoisotopic (exact) mass is 340 g/mol. The highest BCUT2D eigenvalue weighted by Crippen LogP contribution is 2.31. The Morgan fingerprint density at radius 3 is 2.91 bits per heavy atom. The zero-order chi connectivity index (χ0) is 16.4. The van der Waals surface area contributed by atoms with Crippen LogP contribution in [0.25, 0.3) is 0 Å². The molecule has 1 atom stereocenters. The van der Waals surface area contributed by atoms with E-state index in [1.165, 1.54) is 17.2 Å². The molecule has 0 bridgehead atoms. The number of halogens is 1. The largest absolute Gasteiger partial charge is 0.479 e. The summed E-state index contributed by atoms with van der Waals surface area (Å²) in [4.78, 5) is 29.0. The highest BCUT2D eigenvalue weighted by atomic mass is 35.5. The molecule has 1 N–H and O–H groups in total. The maximum Gasteiger partial charge on any atom is 0.334 e. The van der Waals surface area contributed by atoms with Crippen LogP contribution in [0.4, 0.5) is 0 Å². The first-order chi connectivity index (χ1) is 11.0. The minimum atomic E-state index is -1.08. The van der Waals surface area contributed by atoms with Crippen LogP contribution in [0, 0.1) is 5.92 Å². The van der Waals surface area contributed by atoms with Crippen LogP contribution in [0.1, 0.15) is 23.2 Å². The van der Waals surface area contributed by atoms with E-state index in [4.69, 9.17) is 26.2 Å². The first-order valence-electron chi connectivity index (χ1n) is 7.46. The van der Waals surface area contributed by atoms with E-state index >= 15 is 0 Å². The number of hydrogen-bond donors (Lipinski definition) is 1. The first-order valence-corrected chi connectivity index (χ1v) is 7.84. The van der Waals surface area contributed by atoms with Gasteiger partial charge in [-0.3, -0.25) is 4.79 Å². The lowest BCUT2D eigenvalue weighted by molar-refractivity contribution is -0.154. The molecule has 0 aromatic carbocycles. The normalized spacial score (nSPS) is 21.1. The van der Waals surface area contributed by atoms with E-state index in [0.29, 0.717) is 30.5 Å². The van der Waals surface area contributed by atoms with Gasteiger partial charge in [0.15, 0.2) is 6.10 Å². The number of pyridine rings is 1. The number of rotatable bonds is 5. The molecule has 1 aromatic rings. The van der Waals surface area contributed by atoms with Crippen LogP contribution in [0.15, 0.2) is 12.3 Å². The summed E-state index contributed by atoms with van der Waals surface area (Å²) in [6.07, 6.45) is 2.73. The van der Waals surface area contributed by atoms with Crippen LogP contribution in [-0.2, 0) is 9.53 Å². The van der Waals surface area contributed by atoms with Crippen LogP contribution in [0.5, 0.6) is 5.88 Å². The lowest BCUT2D eigenvalue weighted by Gasteiger charge is -2.30. The Kier molecular flexibility index (Phi) is 4.68. The second kappa shape index (κ2) is 6.72. The molecule has 1 unspecified atom stereocenters. The number of carboxylic acid groups (broad SMARTS) is 1. The van der Waals surface area contributed by atoms with Gasteiger partial charge in [-0.2, -0.15) is 0 Å². The number of amides is 1. The lowest BCUT2D eigenvalue weighted by Crippen LogP contribution is -2.48. The number of aliphatic carboxylic acids is 1. The van der Waals surface area contributed by atoms with Gasteiger partial charge in [-0.25, -0.2) is 9.78 Å². The average Bonchev–Trinajstić information content (AvgIpc) is 3.37. The van der Waals surface area contributed by atoms with Gasteiger partial charge in [-0.1, -0.05) is 11.6 Å². The molecule has 1 aliphatic carbocycles. The van der Waals surface area contributed by atoms with E-state index in [2.05, 4.69) is 4.98 Å². The van der Waals surface area contributed by atoms with Gasteiger partial charge in [-0.05, 0) is 24.8 Å². The zero-order valence-electron chi connectivity index (χ0n) is 12.4. The smallest absolute Gasteiger partial charge is 0.334 e. The van der Waals surface area contributed by atoms with Crippen LogP contribution < -0.4 is 4.74 Å². The summed E-state index contributed by atoms with van der Waals surface area (Å²) in [5.41, 5.74) is 0.305. The zero-order valence-corrected chi connectivity index (χ0v) is 13.2. The molecule has 2 fully saturated rings. The summed E-state index contributed by atoms with van der Waals surface area (Å²) < 4.78 is 10.6. The van der Waals surface area contributed by atoms with E-state index < -0.39 is 12.1 Å². The Morgan fingerprint density at radius 2 is 2.26 bits per heavy atom. The van der Waals surface area contributed by atoms with Gasteiger partial charge in [0.25, 0.3) is 5.91 Å². The van der Waals surface area contributed by atoms with Crippen LogP contribution >= 0.6 is 11.6 Å². The van der Waals surface area contributed by atoms with E-state index in [9.17, 15) is 9.59 Å². The predicted molar refractivity (Wildman–Crippen MR) is 80.7 cm³/mol. The standard InChI is InChI=1S/C15H17ClN2O5/c16-11-5-10(6-17-13(11)23-8-9-1-2-9)14(19)18-3-4-22-12(7-18)15(20)21/h5-6,9,12H,1-4,7-8H2,(H,20,21). The van der Waals surface area contributed by atoms with Crippen molar-refractivity contribution < 1.29 is 24.2 Å². The first kappa shape index (κ1) is 16.0. The maximum atomic E-state index is 12.4. The fourth-order valence-corrected chi connectivity index (χ4v) is 2.52. The van der Waals surface area contributed by atoms with Gasteiger partial charge >= 0.3 is 5.97 Å². The molecule has 0 radical (unpaired) electrons. The van der Waals surface area contributed by atoms with Crippen molar-refractivity contribution in [1.29, 1.82) is 0 Å². The lowest BCUT2D eigenvalue weighted by atomic mass is 10.2. The minimum Gasteiger partial charge on any atom is -0.479 e. The van der Waals surface area contributed by atoms with E-state index in [1.54, 1.807) is 0 Å². The summed E-state index contributed by atoms with van der Waals surface area (Å²) in [7, 11) is 0. The van der Waals surface area contributed by atoms with E-state index in [1.807, 2.05) is 0 Å². The van der Waals surface area contributed by atoms with Crippen molar-refractivity contribution in [3.8, 4) is 5.88 Å². The molecule has 1 aromatic heterocycles. The molecular weight excluding hydrogens is 324 g/mol. The van der Waals surface area contributed by atoms with Crippen molar-refractivity contribution >= 4 is 23.5 Å². The Labute approximate surface area is 138 Å². The number of carbonyl (C=O) groups is 2. The molecule has 3 rings (SSSR count). The van der Waals surface area contributed by atoms with Crippen LogP contribution in [-0.4, -0.2) is 59.3 Å². The SMILES string of the molecule is O=C(O)C1CN(C(=O)c2cnc(OCC3CC3)c(Cl)c2)CCO1. The average molecular weight is 341 g/mol. The van der Waals surface area contributed by atoms with Gasteiger partial charge in [0, 0.05) is 12.7 Å². The van der Waals surface area contributed by atoms with Crippen molar-refractivity contribution in [2.45, 2.75) is 18.9 Å². The molecule has 8 heteroatoms. The molecule has 1 saturated carbocycles. The summed E-state index contributed by atoms with van der Waals surface area (Å²) >= 11 is 6.12. The molecule has 23 heavy (non-hydrogen) atoms. The summed E-state index contributed by atoms with van der Waals surface area (Å²) in [5.74, 6) is -0.499. The third kappa shape index (κ3) is 3.92. The quantitative estimate of drug-likeness (QED) is 0.872. The summed E-state index contributed by atoms with van der Waals surface area (Å²) in [6.45, 7) is 1.11. The molecule has 7 nitrogen and oxygen atoms in total. The molecular formula is C15H17ClN2O5. The molecule has 1 amide bonds.